The van der Waals surface area contributed by atoms with Crippen LogP contribution in [0.15, 0.2) is 30.3 Å². The third-order valence-corrected chi connectivity index (χ3v) is 4.28. The molecule has 1 aliphatic heterocycles. The van der Waals surface area contributed by atoms with Crippen molar-refractivity contribution in [3.8, 4) is 0 Å². The van der Waals surface area contributed by atoms with Crippen LogP contribution in [-0.2, 0) is 16.0 Å². The lowest BCUT2D eigenvalue weighted by atomic mass is 10.1. The topological polar surface area (TPSA) is 90.5 Å². The fraction of sp³-hybridized carbons (Fsp3) is 0.500. The van der Waals surface area contributed by atoms with E-state index in [4.69, 9.17) is 0 Å². The van der Waals surface area contributed by atoms with Crippen molar-refractivity contribution in [1.82, 2.24) is 20.9 Å². The molecular weight excluding hydrogens is 339 g/mol. The van der Waals surface area contributed by atoms with E-state index in [2.05, 4.69) is 16.0 Å². The summed E-state index contributed by atoms with van der Waals surface area (Å²) in [5, 5.41) is 7.64. The Morgan fingerprint density at radius 3 is 2.69 bits per heavy atom. The maximum absolute atomic E-state index is 14.1. The molecule has 2 atom stereocenters. The second-order valence-electron chi connectivity index (χ2n) is 6.25. The van der Waals surface area contributed by atoms with Crippen molar-refractivity contribution in [2.75, 3.05) is 26.7 Å². The number of rotatable bonds is 7. The van der Waals surface area contributed by atoms with Crippen LogP contribution < -0.4 is 16.0 Å². The van der Waals surface area contributed by atoms with Gasteiger partial charge in [0.05, 0.1) is 0 Å². The van der Waals surface area contributed by atoms with E-state index in [0.29, 0.717) is 19.5 Å². The Hall–Kier alpha value is -2.64. The number of urea groups is 1. The van der Waals surface area contributed by atoms with Crippen molar-refractivity contribution < 1.29 is 18.8 Å². The van der Waals surface area contributed by atoms with E-state index in [0.717, 1.165) is 5.56 Å². The summed E-state index contributed by atoms with van der Waals surface area (Å²) in [6.07, 6.45) is -0.793. The Morgan fingerprint density at radius 2 is 2.00 bits per heavy atom. The number of halogens is 1. The maximum Gasteiger partial charge on any atom is 0.314 e. The Balaban J connectivity index is 1.71. The number of hydrogen-bond donors (Lipinski definition) is 3. The summed E-state index contributed by atoms with van der Waals surface area (Å²) in [7, 11) is 1.50. The van der Waals surface area contributed by atoms with E-state index in [1.54, 1.807) is 29.2 Å². The third-order valence-electron chi connectivity index (χ3n) is 4.28. The molecule has 0 spiro atoms. The van der Waals surface area contributed by atoms with Gasteiger partial charge < -0.3 is 20.9 Å². The maximum atomic E-state index is 14.1. The summed E-state index contributed by atoms with van der Waals surface area (Å²) in [6.45, 7) is 1.12. The van der Waals surface area contributed by atoms with Crippen LogP contribution in [0.1, 0.15) is 18.4 Å². The molecule has 1 unspecified atom stereocenters. The molecule has 1 saturated heterocycles. The molecule has 0 aromatic heterocycles. The Bertz CT molecular complexity index is 626. The predicted octanol–water partition coefficient (Wildman–Crippen LogP) is 0.603. The lowest BCUT2D eigenvalue weighted by Gasteiger charge is -2.18. The highest BCUT2D eigenvalue weighted by molar-refractivity contribution is 5.82. The van der Waals surface area contributed by atoms with Crippen LogP contribution in [0.25, 0.3) is 0 Å². The molecule has 1 fully saturated rings. The highest BCUT2D eigenvalue weighted by atomic mass is 19.1. The van der Waals surface area contributed by atoms with Crippen molar-refractivity contribution in [1.29, 1.82) is 0 Å². The fourth-order valence-corrected chi connectivity index (χ4v) is 2.84. The lowest BCUT2D eigenvalue weighted by Crippen LogP contribution is -2.43. The average Bonchev–Trinajstić information content (AvgIpc) is 3.10. The zero-order valence-electron chi connectivity index (χ0n) is 14.8. The molecule has 0 radical (unpaired) electrons. The number of amides is 4. The van der Waals surface area contributed by atoms with Crippen LogP contribution in [-0.4, -0.2) is 61.6 Å². The van der Waals surface area contributed by atoms with Crippen LogP contribution in [0.4, 0.5) is 9.18 Å². The Labute approximate surface area is 152 Å². The number of carbonyl (C=O) groups is 3. The summed E-state index contributed by atoms with van der Waals surface area (Å²) in [5.74, 6) is -0.742. The molecule has 0 saturated carbocycles. The number of nitrogens with zero attached hydrogens (tertiary/aromatic N) is 1. The average molecular weight is 364 g/mol. The van der Waals surface area contributed by atoms with E-state index >= 15 is 0 Å². The predicted molar refractivity (Wildman–Crippen MR) is 95.2 cm³/mol. The van der Waals surface area contributed by atoms with Crippen molar-refractivity contribution in [2.45, 2.75) is 31.5 Å². The summed E-state index contributed by atoms with van der Waals surface area (Å²) in [4.78, 5) is 36.8. The third kappa shape index (κ3) is 6.02. The molecule has 26 heavy (non-hydrogen) atoms. The number of likely N-dealkylation sites (tertiary alicyclic amines) is 1. The first-order chi connectivity index (χ1) is 12.5. The zero-order valence-corrected chi connectivity index (χ0v) is 14.8. The second-order valence-corrected chi connectivity index (χ2v) is 6.25. The van der Waals surface area contributed by atoms with Gasteiger partial charge in [0.2, 0.25) is 5.91 Å². The number of carbonyl (C=O) groups excluding carboxylic acids is 3. The zero-order chi connectivity index (χ0) is 18.9. The van der Waals surface area contributed by atoms with Crippen LogP contribution in [0.5, 0.6) is 0 Å². The molecular formula is C18H25FN4O3. The molecule has 1 aromatic carbocycles. The number of nitrogens with one attached hydrogen (secondary N) is 3. The molecule has 1 heterocycles. The molecule has 1 aliphatic rings. The first kappa shape index (κ1) is 19.7. The Morgan fingerprint density at radius 1 is 1.27 bits per heavy atom. The summed E-state index contributed by atoms with van der Waals surface area (Å²) >= 11 is 0. The van der Waals surface area contributed by atoms with Gasteiger partial charge in [0.25, 0.3) is 5.91 Å². The molecule has 0 aliphatic carbocycles. The summed E-state index contributed by atoms with van der Waals surface area (Å²) in [6, 6.07) is 8.43. The second kappa shape index (κ2) is 9.74. The van der Waals surface area contributed by atoms with E-state index in [-0.39, 0.29) is 37.4 Å². The van der Waals surface area contributed by atoms with Gasteiger partial charge in [-0.25, -0.2) is 9.18 Å². The SMILES string of the molecule is CNC(=O)NCCC(=O)N1CC[C@H](NC(=O)C(F)Cc2ccccc2)C1. The molecule has 4 amide bonds. The van der Waals surface area contributed by atoms with Crippen LogP contribution in [0.3, 0.4) is 0 Å². The van der Waals surface area contributed by atoms with Crippen molar-refractivity contribution in [3.63, 3.8) is 0 Å². The minimum Gasteiger partial charge on any atom is -0.349 e. The summed E-state index contributed by atoms with van der Waals surface area (Å²) in [5.41, 5.74) is 0.766. The van der Waals surface area contributed by atoms with Gasteiger partial charge in [-0.2, -0.15) is 0 Å². The monoisotopic (exact) mass is 364 g/mol. The van der Waals surface area contributed by atoms with E-state index in [1.165, 1.54) is 7.05 Å². The van der Waals surface area contributed by atoms with E-state index in [1.807, 2.05) is 6.07 Å². The minimum atomic E-state index is -1.61. The van der Waals surface area contributed by atoms with Gasteiger partial charge in [-0.1, -0.05) is 30.3 Å². The summed E-state index contributed by atoms with van der Waals surface area (Å²) < 4.78 is 14.1. The number of benzene rings is 1. The molecule has 7 nitrogen and oxygen atoms in total. The van der Waals surface area contributed by atoms with E-state index in [9.17, 15) is 18.8 Å². The highest BCUT2D eigenvalue weighted by Gasteiger charge is 2.29. The van der Waals surface area contributed by atoms with Crippen LogP contribution in [0.2, 0.25) is 0 Å². The van der Waals surface area contributed by atoms with Crippen molar-refractivity contribution in [3.05, 3.63) is 35.9 Å². The standard InChI is InChI=1S/C18H25FN4O3/c1-20-18(26)21-9-7-16(24)23-10-8-14(12-23)22-17(25)15(19)11-13-5-3-2-4-6-13/h2-6,14-15H,7-12H2,1H3,(H,22,25)(H2,20,21,26)/t14-,15?/m0/s1. The largest absolute Gasteiger partial charge is 0.349 e. The Kier molecular flexibility index (Phi) is 7.37. The molecule has 2 rings (SSSR count). The highest BCUT2D eigenvalue weighted by Crippen LogP contribution is 2.12. The van der Waals surface area contributed by atoms with Gasteiger partial charge in [0.1, 0.15) is 0 Å². The smallest absolute Gasteiger partial charge is 0.314 e. The van der Waals surface area contributed by atoms with Gasteiger partial charge in [-0.3, -0.25) is 9.59 Å². The number of alkyl halides is 1. The van der Waals surface area contributed by atoms with Gasteiger partial charge in [-0.15, -0.1) is 0 Å². The van der Waals surface area contributed by atoms with Gasteiger partial charge in [0.15, 0.2) is 6.17 Å². The van der Waals surface area contributed by atoms with Crippen LogP contribution in [0, 0.1) is 0 Å². The van der Waals surface area contributed by atoms with Gasteiger partial charge in [-0.05, 0) is 12.0 Å². The van der Waals surface area contributed by atoms with E-state index < -0.39 is 12.1 Å². The molecule has 1 aromatic rings. The van der Waals surface area contributed by atoms with Gasteiger partial charge >= 0.3 is 6.03 Å². The quantitative estimate of drug-likeness (QED) is 0.662. The van der Waals surface area contributed by atoms with Crippen molar-refractivity contribution in [2.24, 2.45) is 0 Å². The molecule has 8 heteroatoms. The molecule has 142 valence electrons. The first-order valence-corrected chi connectivity index (χ1v) is 8.71. The van der Waals surface area contributed by atoms with Crippen molar-refractivity contribution >= 4 is 17.8 Å². The normalized spacial score (nSPS) is 17.5. The number of hydrogen-bond acceptors (Lipinski definition) is 3. The lowest BCUT2D eigenvalue weighted by molar-refractivity contribution is -0.131. The molecule has 3 N–H and O–H groups in total. The van der Waals surface area contributed by atoms with Gasteiger partial charge in [0, 0.05) is 45.6 Å². The minimum absolute atomic E-state index is 0.0349. The fourth-order valence-electron chi connectivity index (χ4n) is 2.84. The first-order valence-electron chi connectivity index (χ1n) is 8.71. The molecule has 0 bridgehead atoms. The van der Waals surface area contributed by atoms with Crippen LogP contribution >= 0.6 is 0 Å².